The molecule has 2 aromatic rings. The lowest BCUT2D eigenvalue weighted by Gasteiger charge is -2.11. The minimum Gasteiger partial charge on any atom is -0.309 e. The van der Waals surface area contributed by atoms with Gasteiger partial charge in [-0.1, -0.05) is 36.4 Å². The molecule has 0 amide bonds. The number of rotatable bonds is 5. The maximum Gasteiger partial charge on any atom is 0.129 e. The fraction of sp³-hybridized carbons (Fsp3) is 0.368. The van der Waals surface area contributed by atoms with Crippen LogP contribution in [0.2, 0.25) is 0 Å². The van der Waals surface area contributed by atoms with E-state index in [0.29, 0.717) is 0 Å². The van der Waals surface area contributed by atoms with E-state index in [1.165, 1.54) is 24.0 Å². The summed E-state index contributed by atoms with van der Waals surface area (Å²) in [5, 5.41) is 3.49. The summed E-state index contributed by atoms with van der Waals surface area (Å²) in [4.78, 5) is 0. The number of aryl methyl sites for hydroxylation is 2. The lowest BCUT2D eigenvalue weighted by molar-refractivity contribution is 0.606. The topological polar surface area (TPSA) is 12.0 Å². The molecule has 1 fully saturated rings. The van der Waals surface area contributed by atoms with Gasteiger partial charge in [0.25, 0.3) is 0 Å². The SMILES string of the molecule is Cc1cc(CNCc2ccccc2C2CC2)cc(C)c1F. The van der Waals surface area contributed by atoms with Crippen LogP contribution in [-0.2, 0) is 13.1 Å². The average molecular weight is 283 g/mol. The first-order valence-electron chi connectivity index (χ1n) is 7.69. The van der Waals surface area contributed by atoms with Crippen molar-refractivity contribution in [1.82, 2.24) is 5.32 Å². The van der Waals surface area contributed by atoms with Crippen molar-refractivity contribution in [2.45, 2.75) is 45.7 Å². The Balaban J connectivity index is 1.64. The van der Waals surface area contributed by atoms with Crippen LogP contribution in [-0.4, -0.2) is 0 Å². The van der Waals surface area contributed by atoms with E-state index in [2.05, 4.69) is 29.6 Å². The highest BCUT2D eigenvalue weighted by Gasteiger charge is 2.25. The molecule has 0 radical (unpaired) electrons. The fourth-order valence-electron chi connectivity index (χ4n) is 2.97. The number of hydrogen-bond donors (Lipinski definition) is 1. The molecule has 3 rings (SSSR count). The summed E-state index contributed by atoms with van der Waals surface area (Å²) in [5.41, 5.74) is 5.50. The van der Waals surface area contributed by atoms with Crippen molar-refractivity contribution in [2.24, 2.45) is 0 Å². The molecule has 0 spiro atoms. The van der Waals surface area contributed by atoms with Crippen LogP contribution in [0.5, 0.6) is 0 Å². The average Bonchev–Trinajstić information content (AvgIpc) is 3.30. The molecule has 0 aliphatic heterocycles. The highest BCUT2D eigenvalue weighted by atomic mass is 19.1. The van der Waals surface area contributed by atoms with Gasteiger partial charge in [0.05, 0.1) is 0 Å². The fourth-order valence-corrected chi connectivity index (χ4v) is 2.97. The van der Waals surface area contributed by atoms with Crippen molar-refractivity contribution < 1.29 is 4.39 Å². The molecule has 1 N–H and O–H groups in total. The molecular weight excluding hydrogens is 261 g/mol. The molecule has 1 aliphatic carbocycles. The van der Waals surface area contributed by atoms with E-state index < -0.39 is 0 Å². The van der Waals surface area contributed by atoms with Crippen molar-refractivity contribution in [3.63, 3.8) is 0 Å². The van der Waals surface area contributed by atoms with Crippen LogP contribution in [0, 0.1) is 19.7 Å². The smallest absolute Gasteiger partial charge is 0.129 e. The largest absolute Gasteiger partial charge is 0.309 e. The standard InChI is InChI=1S/C19H22FN/c1-13-9-15(10-14(2)19(13)20)11-21-12-17-5-3-4-6-18(17)16-7-8-16/h3-6,9-10,16,21H,7-8,11-12H2,1-2H3. The van der Waals surface area contributed by atoms with Crippen LogP contribution in [0.15, 0.2) is 36.4 Å². The minimum atomic E-state index is -0.0853. The Kier molecular flexibility index (Phi) is 4.07. The molecule has 0 saturated heterocycles. The van der Waals surface area contributed by atoms with Crippen molar-refractivity contribution >= 4 is 0 Å². The number of halogens is 1. The highest BCUT2D eigenvalue weighted by molar-refractivity contribution is 5.33. The van der Waals surface area contributed by atoms with Gasteiger partial charge in [0.2, 0.25) is 0 Å². The number of benzene rings is 2. The van der Waals surface area contributed by atoms with Crippen molar-refractivity contribution in [1.29, 1.82) is 0 Å². The second kappa shape index (κ2) is 5.98. The zero-order valence-electron chi connectivity index (χ0n) is 12.7. The van der Waals surface area contributed by atoms with E-state index in [9.17, 15) is 4.39 Å². The molecule has 21 heavy (non-hydrogen) atoms. The minimum absolute atomic E-state index is 0.0853. The Hall–Kier alpha value is -1.67. The molecule has 2 heteroatoms. The first kappa shape index (κ1) is 14.3. The first-order valence-corrected chi connectivity index (χ1v) is 7.69. The molecule has 0 aromatic heterocycles. The molecule has 0 heterocycles. The third kappa shape index (κ3) is 3.33. The van der Waals surface area contributed by atoms with Gasteiger partial charge >= 0.3 is 0 Å². The Morgan fingerprint density at radius 3 is 2.38 bits per heavy atom. The lowest BCUT2D eigenvalue weighted by Crippen LogP contribution is -2.14. The summed E-state index contributed by atoms with van der Waals surface area (Å²) >= 11 is 0. The van der Waals surface area contributed by atoms with Crippen LogP contribution in [0.3, 0.4) is 0 Å². The molecule has 2 aromatic carbocycles. The summed E-state index contributed by atoms with van der Waals surface area (Å²) in [7, 11) is 0. The Labute approximate surface area is 126 Å². The van der Waals surface area contributed by atoms with E-state index in [4.69, 9.17) is 0 Å². The summed E-state index contributed by atoms with van der Waals surface area (Å²) in [6, 6.07) is 12.6. The number of nitrogens with one attached hydrogen (secondary N) is 1. The molecular formula is C19H22FN. The first-order chi connectivity index (χ1) is 10.1. The third-order valence-electron chi connectivity index (χ3n) is 4.21. The molecule has 1 nitrogen and oxygen atoms in total. The second-order valence-corrected chi connectivity index (χ2v) is 6.12. The summed E-state index contributed by atoms with van der Waals surface area (Å²) < 4.78 is 13.6. The molecule has 0 atom stereocenters. The zero-order valence-corrected chi connectivity index (χ0v) is 12.7. The van der Waals surface area contributed by atoms with E-state index in [1.807, 2.05) is 26.0 Å². The maximum atomic E-state index is 13.6. The molecule has 0 unspecified atom stereocenters. The molecule has 0 bridgehead atoms. The quantitative estimate of drug-likeness (QED) is 0.845. The Morgan fingerprint density at radius 2 is 1.71 bits per heavy atom. The van der Waals surface area contributed by atoms with E-state index in [0.717, 1.165) is 35.7 Å². The van der Waals surface area contributed by atoms with Crippen molar-refractivity contribution in [3.05, 3.63) is 70.0 Å². The van der Waals surface area contributed by atoms with Gasteiger partial charge in [-0.2, -0.15) is 0 Å². The summed E-state index contributed by atoms with van der Waals surface area (Å²) in [5.74, 6) is 0.691. The van der Waals surface area contributed by atoms with Gasteiger partial charge in [-0.15, -0.1) is 0 Å². The third-order valence-corrected chi connectivity index (χ3v) is 4.21. The molecule has 110 valence electrons. The van der Waals surface area contributed by atoms with Crippen LogP contribution in [0.4, 0.5) is 4.39 Å². The summed E-state index contributed by atoms with van der Waals surface area (Å²) in [6.45, 7) is 5.31. The zero-order chi connectivity index (χ0) is 14.8. The maximum absolute atomic E-state index is 13.6. The predicted molar refractivity (Wildman–Crippen MR) is 84.8 cm³/mol. The predicted octanol–water partition coefficient (Wildman–Crippen LogP) is 4.61. The van der Waals surface area contributed by atoms with Gasteiger partial charge in [-0.25, -0.2) is 4.39 Å². The molecule has 1 saturated carbocycles. The lowest BCUT2D eigenvalue weighted by atomic mass is 10.0. The van der Waals surface area contributed by atoms with Crippen molar-refractivity contribution in [3.8, 4) is 0 Å². The Morgan fingerprint density at radius 1 is 1.05 bits per heavy atom. The second-order valence-electron chi connectivity index (χ2n) is 6.12. The monoisotopic (exact) mass is 283 g/mol. The van der Waals surface area contributed by atoms with Gasteiger partial charge in [0.15, 0.2) is 0 Å². The van der Waals surface area contributed by atoms with Gasteiger partial charge in [0, 0.05) is 13.1 Å². The highest BCUT2D eigenvalue weighted by Crippen LogP contribution is 2.41. The molecule has 1 aliphatic rings. The van der Waals surface area contributed by atoms with Crippen LogP contribution in [0.1, 0.15) is 46.6 Å². The van der Waals surface area contributed by atoms with Gasteiger partial charge in [0.1, 0.15) is 5.82 Å². The van der Waals surface area contributed by atoms with E-state index in [1.54, 1.807) is 0 Å². The van der Waals surface area contributed by atoms with Gasteiger partial charge in [-0.3, -0.25) is 0 Å². The van der Waals surface area contributed by atoms with Gasteiger partial charge < -0.3 is 5.32 Å². The number of hydrogen-bond acceptors (Lipinski definition) is 1. The Bertz CT molecular complexity index is 621. The van der Waals surface area contributed by atoms with E-state index >= 15 is 0 Å². The van der Waals surface area contributed by atoms with E-state index in [-0.39, 0.29) is 5.82 Å². The van der Waals surface area contributed by atoms with Gasteiger partial charge in [-0.05, 0) is 60.4 Å². The van der Waals surface area contributed by atoms with Crippen molar-refractivity contribution in [2.75, 3.05) is 0 Å². The van der Waals surface area contributed by atoms with Crippen LogP contribution < -0.4 is 5.32 Å². The normalized spacial score (nSPS) is 14.4. The summed E-state index contributed by atoms with van der Waals surface area (Å²) in [6.07, 6.45) is 2.65. The van der Waals surface area contributed by atoms with Crippen LogP contribution in [0.25, 0.3) is 0 Å². The van der Waals surface area contributed by atoms with Crippen LogP contribution >= 0.6 is 0 Å².